The van der Waals surface area contributed by atoms with Crippen LogP contribution in [0.2, 0.25) is 0 Å². The molecule has 0 radical (unpaired) electrons. The van der Waals surface area contributed by atoms with E-state index in [2.05, 4.69) is 70.2 Å². The minimum absolute atomic E-state index is 0.114. The van der Waals surface area contributed by atoms with Gasteiger partial charge in [0.2, 0.25) is 0 Å². The molecule has 2 atom stereocenters. The van der Waals surface area contributed by atoms with E-state index in [9.17, 15) is 4.39 Å². The second-order valence-corrected chi connectivity index (χ2v) is 9.37. The zero-order valence-corrected chi connectivity index (χ0v) is 19.2. The number of fused-ring (bicyclic) bond motifs is 3. The van der Waals surface area contributed by atoms with Crippen LogP contribution >= 0.6 is 0 Å². The summed E-state index contributed by atoms with van der Waals surface area (Å²) in [6.45, 7) is 6.36. The highest BCUT2D eigenvalue weighted by molar-refractivity contribution is 5.75. The van der Waals surface area contributed by atoms with Crippen LogP contribution in [0.3, 0.4) is 0 Å². The lowest BCUT2D eigenvalue weighted by atomic mass is 9.97. The first-order chi connectivity index (χ1) is 16.6. The van der Waals surface area contributed by atoms with Crippen LogP contribution < -0.4 is 4.90 Å². The number of nitrogens with zero attached hydrogens (tertiary/aromatic N) is 4. The summed E-state index contributed by atoms with van der Waals surface area (Å²) in [6, 6.07) is 21.9. The highest BCUT2D eigenvalue weighted by Gasteiger charge is 2.35. The average Bonchev–Trinajstić information content (AvgIpc) is 2.84. The lowest BCUT2D eigenvalue weighted by molar-refractivity contribution is -0.0965. The van der Waals surface area contributed by atoms with Crippen LogP contribution in [0.1, 0.15) is 11.1 Å². The number of ether oxygens (including phenoxy) is 1. The maximum absolute atomic E-state index is 13.5. The van der Waals surface area contributed by atoms with Crippen LogP contribution in [0.15, 0.2) is 72.9 Å². The van der Waals surface area contributed by atoms with Gasteiger partial charge in [0.15, 0.2) is 0 Å². The molecule has 34 heavy (non-hydrogen) atoms. The Balaban J connectivity index is 1.19. The van der Waals surface area contributed by atoms with E-state index in [-0.39, 0.29) is 18.0 Å². The number of anilines is 1. The van der Waals surface area contributed by atoms with Crippen molar-refractivity contribution in [2.45, 2.75) is 25.7 Å². The summed E-state index contributed by atoms with van der Waals surface area (Å²) < 4.78 is 19.8. The van der Waals surface area contributed by atoms with E-state index in [4.69, 9.17) is 9.72 Å². The smallest absolute Gasteiger partial charge is 0.148 e. The Kier molecular flexibility index (Phi) is 5.47. The monoisotopic (exact) mass is 454 g/mol. The van der Waals surface area contributed by atoms with Gasteiger partial charge in [-0.2, -0.15) is 0 Å². The standard InChI is InChI=1S/C28H27FN4O/c1-19-7-9-25(20-5-3-2-4-6-20)21(11-19)14-32-15-23-17-33(18-24(16-32)34-23)28-13-30-27-12-22(29)8-10-26(27)31-28/h2-13,23-24H,14-18H2,1H3. The molecule has 3 heterocycles. The number of morpholine rings is 2. The maximum Gasteiger partial charge on any atom is 0.148 e. The number of halogens is 1. The fraction of sp³-hybridized carbons (Fsp3) is 0.286. The lowest BCUT2D eigenvalue weighted by Crippen LogP contribution is -2.59. The Morgan fingerprint density at radius 1 is 0.912 bits per heavy atom. The summed E-state index contributed by atoms with van der Waals surface area (Å²) >= 11 is 0. The van der Waals surface area contributed by atoms with Crippen LogP contribution in [0.5, 0.6) is 0 Å². The summed E-state index contributed by atoms with van der Waals surface area (Å²) in [5, 5.41) is 0. The van der Waals surface area contributed by atoms with E-state index in [0.29, 0.717) is 11.0 Å². The SMILES string of the molecule is Cc1ccc(-c2ccccc2)c(CN2CC3CN(c4cnc5cc(F)ccc5n4)CC(C2)O3)c1. The molecule has 2 saturated heterocycles. The summed E-state index contributed by atoms with van der Waals surface area (Å²) in [4.78, 5) is 13.9. The first-order valence-electron chi connectivity index (χ1n) is 11.8. The molecule has 4 aromatic rings. The molecule has 0 spiro atoms. The van der Waals surface area contributed by atoms with Gasteiger partial charge in [-0.15, -0.1) is 0 Å². The van der Waals surface area contributed by atoms with E-state index < -0.39 is 0 Å². The van der Waals surface area contributed by atoms with E-state index in [1.807, 2.05) is 0 Å². The fourth-order valence-corrected chi connectivity index (χ4v) is 5.21. The first-order valence-corrected chi connectivity index (χ1v) is 11.8. The Hall–Kier alpha value is -3.35. The summed E-state index contributed by atoms with van der Waals surface area (Å²) in [6.07, 6.45) is 1.98. The first kappa shape index (κ1) is 21.2. The normalized spacial score (nSPS) is 20.6. The van der Waals surface area contributed by atoms with Crippen molar-refractivity contribution in [3.05, 3.63) is 89.9 Å². The number of aromatic nitrogens is 2. The number of hydrogen-bond acceptors (Lipinski definition) is 5. The summed E-state index contributed by atoms with van der Waals surface area (Å²) in [5.74, 6) is 0.537. The van der Waals surface area contributed by atoms with Crippen molar-refractivity contribution >= 4 is 16.9 Å². The Labute approximate surface area is 198 Å². The molecule has 0 N–H and O–H groups in total. The zero-order valence-electron chi connectivity index (χ0n) is 19.2. The molecule has 2 bridgehead atoms. The van der Waals surface area contributed by atoms with Crippen molar-refractivity contribution in [3.8, 4) is 11.1 Å². The van der Waals surface area contributed by atoms with Gasteiger partial charge >= 0.3 is 0 Å². The number of aryl methyl sites for hydroxylation is 1. The zero-order chi connectivity index (χ0) is 23.1. The number of rotatable bonds is 4. The van der Waals surface area contributed by atoms with Gasteiger partial charge in [-0.3, -0.25) is 9.88 Å². The van der Waals surface area contributed by atoms with E-state index in [1.165, 1.54) is 34.4 Å². The molecule has 1 aromatic heterocycles. The molecule has 6 heteroatoms. The minimum atomic E-state index is -0.292. The van der Waals surface area contributed by atoms with Gasteiger partial charge in [0.05, 0.1) is 29.4 Å². The fourth-order valence-electron chi connectivity index (χ4n) is 5.21. The summed E-state index contributed by atoms with van der Waals surface area (Å²) in [5.41, 5.74) is 6.49. The van der Waals surface area contributed by atoms with Crippen LogP contribution in [-0.2, 0) is 11.3 Å². The Morgan fingerprint density at radius 2 is 1.71 bits per heavy atom. The van der Waals surface area contributed by atoms with Crippen LogP contribution in [-0.4, -0.2) is 53.3 Å². The van der Waals surface area contributed by atoms with E-state index >= 15 is 0 Å². The van der Waals surface area contributed by atoms with E-state index in [0.717, 1.165) is 38.5 Å². The molecule has 2 unspecified atom stereocenters. The van der Waals surface area contributed by atoms with Crippen molar-refractivity contribution in [3.63, 3.8) is 0 Å². The van der Waals surface area contributed by atoms with Gasteiger partial charge in [-0.1, -0.05) is 54.1 Å². The molecule has 3 aromatic carbocycles. The highest BCUT2D eigenvalue weighted by atomic mass is 19.1. The topological polar surface area (TPSA) is 41.5 Å². The van der Waals surface area contributed by atoms with Gasteiger partial charge in [0.1, 0.15) is 11.6 Å². The lowest BCUT2D eigenvalue weighted by Gasteiger charge is -2.46. The molecule has 172 valence electrons. The summed E-state index contributed by atoms with van der Waals surface area (Å²) in [7, 11) is 0. The average molecular weight is 455 g/mol. The van der Waals surface area contributed by atoms with Crippen molar-refractivity contribution in [2.24, 2.45) is 0 Å². The Morgan fingerprint density at radius 3 is 2.50 bits per heavy atom. The quantitative estimate of drug-likeness (QED) is 0.442. The van der Waals surface area contributed by atoms with Gasteiger partial charge < -0.3 is 9.64 Å². The van der Waals surface area contributed by atoms with Gasteiger partial charge in [0.25, 0.3) is 0 Å². The second-order valence-electron chi connectivity index (χ2n) is 9.37. The molecule has 0 aliphatic carbocycles. The molecule has 2 aliphatic rings. The largest absolute Gasteiger partial charge is 0.369 e. The van der Waals surface area contributed by atoms with Gasteiger partial charge in [0, 0.05) is 38.8 Å². The third-order valence-electron chi connectivity index (χ3n) is 6.71. The van der Waals surface area contributed by atoms with Gasteiger partial charge in [-0.25, -0.2) is 9.37 Å². The maximum atomic E-state index is 13.5. The molecule has 0 saturated carbocycles. The molecule has 5 nitrogen and oxygen atoms in total. The highest BCUT2D eigenvalue weighted by Crippen LogP contribution is 2.29. The van der Waals surface area contributed by atoms with Crippen molar-refractivity contribution in [1.82, 2.24) is 14.9 Å². The second kappa shape index (κ2) is 8.78. The predicted molar refractivity (Wildman–Crippen MR) is 132 cm³/mol. The minimum Gasteiger partial charge on any atom is -0.369 e. The molecule has 0 amide bonds. The molecule has 2 aliphatic heterocycles. The van der Waals surface area contributed by atoms with Crippen LogP contribution in [0.25, 0.3) is 22.2 Å². The van der Waals surface area contributed by atoms with Gasteiger partial charge in [-0.05, 0) is 35.7 Å². The van der Waals surface area contributed by atoms with Crippen LogP contribution in [0.4, 0.5) is 10.2 Å². The molecule has 2 fully saturated rings. The van der Waals surface area contributed by atoms with E-state index in [1.54, 1.807) is 12.3 Å². The molecular formula is C28H27FN4O. The number of hydrogen-bond donors (Lipinski definition) is 0. The Bertz CT molecular complexity index is 1310. The van der Waals surface area contributed by atoms with Crippen LogP contribution in [0, 0.1) is 12.7 Å². The van der Waals surface area contributed by atoms with Crippen molar-refractivity contribution in [1.29, 1.82) is 0 Å². The molecule has 6 rings (SSSR count). The predicted octanol–water partition coefficient (Wildman–Crippen LogP) is 4.83. The molecular weight excluding hydrogens is 427 g/mol. The number of benzene rings is 3. The van der Waals surface area contributed by atoms with Crippen molar-refractivity contribution < 1.29 is 9.13 Å². The third-order valence-corrected chi connectivity index (χ3v) is 6.71. The van der Waals surface area contributed by atoms with Crippen molar-refractivity contribution in [2.75, 3.05) is 31.1 Å². The third kappa shape index (κ3) is 4.27.